The summed E-state index contributed by atoms with van der Waals surface area (Å²) in [6, 6.07) is 7.76. The molecule has 1 aromatic carbocycles. The molecule has 11 nitrogen and oxygen atoms in total. The van der Waals surface area contributed by atoms with E-state index in [-0.39, 0.29) is 46.8 Å². The number of hydrogen-bond acceptors (Lipinski definition) is 9. The van der Waals surface area contributed by atoms with Crippen LogP contribution in [0.15, 0.2) is 55.8 Å². The van der Waals surface area contributed by atoms with Gasteiger partial charge in [-0.2, -0.15) is 0 Å². The summed E-state index contributed by atoms with van der Waals surface area (Å²) in [5.41, 5.74) is 8.22. The fourth-order valence-electron chi connectivity index (χ4n) is 9.78. The molecule has 3 heterocycles. The first-order valence-corrected chi connectivity index (χ1v) is 16.7. The Morgan fingerprint density at radius 1 is 1.19 bits per heavy atom. The maximum absolute atomic E-state index is 13.9. The van der Waals surface area contributed by atoms with Gasteiger partial charge in [0.1, 0.15) is 30.7 Å². The molecule has 2 bridgehead atoms. The third-order valence-electron chi connectivity index (χ3n) is 12.7. The number of fused-ring (bicyclic) bond motifs is 1. The van der Waals surface area contributed by atoms with Crippen molar-refractivity contribution in [3.63, 3.8) is 0 Å². The van der Waals surface area contributed by atoms with Crippen LogP contribution in [0.1, 0.15) is 66.2 Å². The van der Waals surface area contributed by atoms with Crippen molar-refractivity contribution in [1.82, 2.24) is 34.5 Å². The Morgan fingerprint density at radius 3 is 2.79 bits per heavy atom. The van der Waals surface area contributed by atoms with Crippen LogP contribution in [-0.4, -0.2) is 57.3 Å². The zero-order valence-electron chi connectivity index (χ0n) is 27.6. The molecule has 4 aromatic rings. The number of aromatic nitrogens is 7. The molecule has 0 saturated heterocycles. The molecular weight excluding hydrogens is 592 g/mol. The van der Waals surface area contributed by atoms with E-state index < -0.39 is 11.5 Å². The minimum absolute atomic E-state index is 0.0311. The first kappa shape index (κ1) is 31.4. The van der Waals surface area contributed by atoms with Gasteiger partial charge >= 0.3 is 0 Å². The predicted molar refractivity (Wildman–Crippen MR) is 178 cm³/mol. The number of nitrogen functional groups attached to an aromatic ring is 1. The molecule has 47 heavy (non-hydrogen) atoms. The number of anilines is 1. The summed E-state index contributed by atoms with van der Waals surface area (Å²) < 4.78 is 3.43. The Hall–Kier alpha value is -4.25. The molecule has 3 saturated carbocycles. The number of nitrogens with zero attached hydrogens (tertiary/aromatic N) is 7. The van der Waals surface area contributed by atoms with Gasteiger partial charge in [-0.1, -0.05) is 51.1 Å². The van der Waals surface area contributed by atoms with Crippen LogP contribution in [0, 0.1) is 39.9 Å². The van der Waals surface area contributed by atoms with E-state index in [4.69, 9.17) is 5.73 Å². The van der Waals surface area contributed by atoms with E-state index in [0.717, 1.165) is 30.5 Å². The molecule has 0 spiro atoms. The first-order valence-electron chi connectivity index (χ1n) is 16.7. The van der Waals surface area contributed by atoms with E-state index in [2.05, 4.69) is 59.5 Å². The maximum Gasteiger partial charge on any atom is 0.170 e. The highest BCUT2D eigenvalue weighted by molar-refractivity contribution is 5.86. The summed E-state index contributed by atoms with van der Waals surface area (Å²) in [4.78, 5) is 40.4. The fraction of sp³-hybridized carbons (Fsp3) is 0.528. The summed E-state index contributed by atoms with van der Waals surface area (Å²) in [6.45, 7) is 13.0. The summed E-state index contributed by atoms with van der Waals surface area (Å²) in [6.07, 6.45) is 10.3. The van der Waals surface area contributed by atoms with E-state index in [1.54, 1.807) is 17.2 Å². The second-order valence-corrected chi connectivity index (χ2v) is 14.9. The molecule has 11 heteroatoms. The van der Waals surface area contributed by atoms with Gasteiger partial charge in [0, 0.05) is 35.4 Å². The van der Waals surface area contributed by atoms with Crippen molar-refractivity contribution < 1.29 is 14.7 Å². The first-order chi connectivity index (χ1) is 22.4. The Kier molecular flexibility index (Phi) is 7.46. The van der Waals surface area contributed by atoms with Crippen LogP contribution in [0.3, 0.4) is 0 Å². The van der Waals surface area contributed by atoms with E-state index in [9.17, 15) is 14.7 Å². The number of hydrogen-bond donors (Lipinski definition) is 2. The third-order valence-corrected chi connectivity index (χ3v) is 12.7. The Bertz CT molecular complexity index is 1880. The molecule has 246 valence electrons. The van der Waals surface area contributed by atoms with Gasteiger partial charge in [-0.25, -0.2) is 19.6 Å². The smallest absolute Gasteiger partial charge is 0.170 e. The van der Waals surface area contributed by atoms with Crippen molar-refractivity contribution in [3.8, 4) is 16.9 Å². The summed E-state index contributed by atoms with van der Waals surface area (Å²) in [5, 5.41) is 20.5. The number of carbonyl (C=O) groups excluding carboxylic acids is 2. The average molecular weight is 637 g/mol. The van der Waals surface area contributed by atoms with Crippen LogP contribution in [0.5, 0.6) is 0 Å². The second-order valence-electron chi connectivity index (χ2n) is 14.9. The van der Waals surface area contributed by atoms with Crippen LogP contribution in [0.4, 0.5) is 5.82 Å². The molecule has 1 unspecified atom stereocenters. The number of rotatable bonds is 7. The normalized spacial score (nSPS) is 33.7. The van der Waals surface area contributed by atoms with Gasteiger partial charge in [0.25, 0.3) is 0 Å². The molecule has 3 fully saturated rings. The molecule has 0 amide bonds. The second kappa shape index (κ2) is 11.2. The largest absolute Gasteiger partial charge is 0.392 e. The lowest BCUT2D eigenvalue weighted by Gasteiger charge is -2.62. The highest BCUT2D eigenvalue weighted by Gasteiger charge is 2.67. The summed E-state index contributed by atoms with van der Waals surface area (Å²) in [5.74, 6) is 0.653. The number of Topliss-reactive ketones (excluding diaryl/α,β-unsaturated/α-hetero) is 2. The third kappa shape index (κ3) is 4.76. The minimum atomic E-state index is -0.636. The lowest BCUT2D eigenvalue weighted by Crippen LogP contribution is -2.61. The Morgan fingerprint density at radius 2 is 2.00 bits per heavy atom. The number of carbonyl (C=O) groups is 2. The van der Waals surface area contributed by atoms with Gasteiger partial charge < -0.3 is 10.8 Å². The fourth-order valence-corrected chi connectivity index (χ4v) is 9.78. The van der Waals surface area contributed by atoms with E-state index in [1.165, 1.54) is 6.33 Å². The van der Waals surface area contributed by atoms with Crippen molar-refractivity contribution in [3.05, 3.63) is 55.8 Å². The number of imidazole rings is 1. The number of aliphatic hydroxyl groups excluding tert-OH is 1. The quantitative estimate of drug-likeness (QED) is 0.260. The SMILES string of the molecule is C=C[C@]1(C)C[C@@H](CC(=O)Cn2cc(-c3cccc(-n4cnc5c(N)ncnc54)c3)nn2)[C@@]2(C)C3C(=O)CC[C@@]3(CC[C@H]2C)[C@@H](C)[C@@H]1O. The van der Waals surface area contributed by atoms with Crippen molar-refractivity contribution in [2.45, 2.75) is 78.9 Å². The zero-order chi connectivity index (χ0) is 33.3. The van der Waals surface area contributed by atoms with Crippen LogP contribution in [0.25, 0.3) is 28.1 Å². The van der Waals surface area contributed by atoms with Crippen LogP contribution in [0.2, 0.25) is 0 Å². The van der Waals surface area contributed by atoms with Crippen LogP contribution < -0.4 is 5.73 Å². The lowest BCUT2D eigenvalue weighted by molar-refractivity contribution is -0.177. The topological polar surface area (TPSA) is 155 Å². The van der Waals surface area contributed by atoms with Gasteiger partial charge in [-0.15, -0.1) is 11.7 Å². The highest BCUT2D eigenvalue weighted by Crippen LogP contribution is 2.69. The average Bonchev–Trinajstić information content (AvgIpc) is 3.80. The van der Waals surface area contributed by atoms with Gasteiger partial charge in [0.2, 0.25) is 0 Å². The van der Waals surface area contributed by atoms with Crippen molar-refractivity contribution in [2.24, 2.45) is 39.9 Å². The molecule has 3 aromatic heterocycles. The van der Waals surface area contributed by atoms with Crippen molar-refractivity contribution >= 4 is 28.5 Å². The maximum atomic E-state index is 13.9. The monoisotopic (exact) mass is 636 g/mol. The zero-order valence-corrected chi connectivity index (χ0v) is 27.6. The van der Waals surface area contributed by atoms with Gasteiger partial charge in [-0.05, 0) is 66.4 Å². The lowest BCUT2D eigenvalue weighted by atomic mass is 9.41. The predicted octanol–water partition coefficient (Wildman–Crippen LogP) is 5.23. The van der Waals surface area contributed by atoms with Gasteiger partial charge in [0.05, 0.1) is 12.3 Å². The minimum Gasteiger partial charge on any atom is -0.392 e. The standard InChI is InChI=1S/C36H44N8O3/c1-6-34(4)16-24(35(5)21(2)10-12-36(22(3)31(34)47)13-11-28(46)30(35)36)15-26(45)17-43-18-27(41-42-43)23-8-7-9-25(14-23)44-20-40-29-32(37)38-19-39-33(29)44/h6-9,14,18-22,24,30-31,47H,1,10-13,15-17H2,2-5H3,(H2,37,38,39)/t21-,22+,24-,30?,31+,34-,35+,36+/m1/s1. The molecule has 7 rings (SSSR count). The number of ketones is 2. The van der Waals surface area contributed by atoms with Crippen molar-refractivity contribution in [2.75, 3.05) is 5.73 Å². The van der Waals surface area contributed by atoms with Gasteiger partial charge in [-0.3, -0.25) is 14.2 Å². The molecule has 0 radical (unpaired) electrons. The Labute approximate surface area is 274 Å². The molecule has 3 N–H and O–H groups in total. The Balaban J connectivity index is 1.15. The number of nitrogens with two attached hydrogens (primary N) is 1. The van der Waals surface area contributed by atoms with Crippen LogP contribution in [-0.2, 0) is 16.1 Å². The number of benzene rings is 1. The van der Waals surface area contributed by atoms with E-state index in [0.29, 0.717) is 47.7 Å². The molecular formula is C36H44N8O3. The van der Waals surface area contributed by atoms with Gasteiger partial charge in [0.15, 0.2) is 22.8 Å². The van der Waals surface area contributed by atoms with Crippen molar-refractivity contribution in [1.29, 1.82) is 0 Å². The molecule has 3 aliphatic carbocycles. The molecule has 3 aliphatic rings. The van der Waals surface area contributed by atoms with E-state index in [1.807, 2.05) is 34.9 Å². The van der Waals surface area contributed by atoms with E-state index >= 15 is 0 Å². The molecule has 8 atom stereocenters. The number of aliphatic hydroxyl groups is 1. The summed E-state index contributed by atoms with van der Waals surface area (Å²) >= 11 is 0. The highest BCUT2D eigenvalue weighted by atomic mass is 16.3. The van der Waals surface area contributed by atoms with Crippen LogP contribution >= 0.6 is 0 Å². The molecule has 0 aliphatic heterocycles. The summed E-state index contributed by atoms with van der Waals surface area (Å²) in [7, 11) is 0.